The van der Waals surface area contributed by atoms with Gasteiger partial charge in [-0.15, -0.1) is 0 Å². The third kappa shape index (κ3) is 3.10. The molecule has 0 spiro atoms. The molecule has 112 valence electrons. The van der Waals surface area contributed by atoms with Gasteiger partial charge < -0.3 is 5.32 Å². The van der Waals surface area contributed by atoms with E-state index >= 15 is 0 Å². The lowest BCUT2D eigenvalue weighted by atomic mass is 9.96. The number of aromatic nitrogens is 1. The maximum absolute atomic E-state index is 14.3. The molecule has 2 nitrogen and oxygen atoms in total. The Bertz CT molecular complexity index is 626. The first-order valence-corrected chi connectivity index (χ1v) is 7.21. The van der Waals surface area contributed by atoms with E-state index in [1.165, 1.54) is 0 Å². The van der Waals surface area contributed by atoms with Gasteiger partial charge in [0.05, 0.1) is 11.7 Å². The number of aryl methyl sites for hydroxylation is 2. The minimum atomic E-state index is -0.798. The van der Waals surface area contributed by atoms with E-state index in [0.717, 1.165) is 17.7 Å². The Morgan fingerprint density at radius 3 is 2.57 bits per heavy atom. The van der Waals surface area contributed by atoms with Gasteiger partial charge in [-0.1, -0.05) is 32.0 Å². The molecule has 0 saturated carbocycles. The second-order valence-electron chi connectivity index (χ2n) is 4.99. The highest BCUT2D eigenvalue weighted by Crippen LogP contribution is 2.28. The van der Waals surface area contributed by atoms with Gasteiger partial charge in [0.2, 0.25) is 0 Å². The number of nitrogens with zero attached hydrogens (tertiary/aromatic N) is 1. The zero-order valence-electron chi connectivity index (χ0n) is 12.6. The van der Waals surface area contributed by atoms with E-state index in [9.17, 15) is 8.78 Å². The zero-order chi connectivity index (χ0) is 15.4. The Balaban J connectivity index is 2.56. The fraction of sp³-hybridized carbons (Fsp3) is 0.353. The Labute approximate surface area is 124 Å². The van der Waals surface area contributed by atoms with Crippen LogP contribution < -0.4 is 5.32 Å². The molecule has 1 atom stereocenters. The van der Waals surface area contributed by atoms with Gasteiger partial charge in [-0.25, -0.2) is 8.78 Å². The molecule has 1 heterocycles. The predicted octanol–water partition coefficient (Wildman–Crippen LogP) is 3.93. The standard InChI is InChI=1S/C17H20F2N2/c1-4-12-7-6-10-21-16(12)17(20-5-2)13-9-8-11(3)14(18)15(13)19/h6-10,17,20H,4-5H2,1-3H3. The van der Waals surface area contributed by atoms with Gasteiger partial charge in [0.25, 0.3) is 0 Å². The minimum Gasteiger partial charge on any atom is -0.305 e. The molecular formula is C17H20F2N2. The van der Waals surface area contributed by atoms with Crippen LogP contribution in [-0.2, 0) is 6.42 Å². The van der Waals surface area contributed by atoms with Gasteiger partial charge in [-0.2, -0.15) is 0 Å². The molecule has 0 aliphatic carbocycles. The van der Waals surface area contributed by atoms with Crippen molar-refractivity contribution in [1.29, 1.82) is 0 Å². The third-order valence-corrected chi connectivity index (χ3v) is 3.60. The summed E-state index contributed by atoms with van der Waals surface area (Å²) in [6.07, 6.45) is 2.47. The highest BCUT2D eigenvalue weighted by Gasteiger charge is 2.23. The number of halogens is 2. The molecule has 21 heavy (non-hydrogen) atoms. The first-order chi connectivity index (χ1) is 10.1. The van der Waals surface area contributed by atoms with Gasteiger partial charge in [0.15, 0.2) is 11.6 Å². The molecular weight excluding hydrogens is 270 g/mol. The van der Waals surface area contributed by atoms with E-state index < -0.39 is 17.7 Å². The summed E-state index contributed by atoms with van der Waals surface area (Å²) in [4.78, 5) is 4.39. The molecule has 1 N–H and O–H groups in total. The summed E-state index contributed by atoms with van der Waals surface area (Å²) >= 11 is 0. The minimum absolute atomic E-state index is 0.299. The van der Waals surface area contributed by atoms with Crippen molar-refractivity contribution in [2.24, 2.45) is 0 Å². The first kappa shape index (κ1) is 15.6. The van der Waals surface area contributed by atoms with Gasteiger partial charge in [0, 0.05) is 11.8 Å². The molecule has 0 bridgehead atoms. The highest BCUT2D eigenvalue weighted by atomic mass is 19.2. The normalized spacial score (nSPS) is 12.4. The summed E-state index contributed by atoms with van der Waals surface area (Å²) in [6, 6.07) is 6.62. The average Bonchev–Trinajstić information content (AvgIpc) is 2.51. The van der Waals surface area contributed by atoms with Crippen LogP contribution in [0, 0.1) is 18.6 Å². The van der Waals surface area contributed by atoms with Crippen molar-refractivity contribution in [2.45, 2.75) is 33.2 Å². The molecule has 0 aliphatic rings. The summed E-state index contributed by atoms with van der Waals surface area (Å²) < 4.78 is 28.2. The fourth-order valence-electron chi connectivity index (χ4n) is 2.45. The van der Waals surface area contributed by atoms with E-state index in [1.54, 1.807) is 25.3 Å². The molecule has 1 unspecified atom stereocenters. The number of nitrogens with one attached hydrogen (secondary N) is 1. The number of pyridine rings is 1. The molecule has 0 amide bonds. The lowest BCUT2D eigenvalue weighted by molar-refractivity contribution is 0.476. The van der Waals surface area contributed by atoms with Gasteiger partial charge >= 0.3 is 0 Å². The SMILES string of the molecule is CCNC(c1ccc(C)c(F)c1F)c1ncccc1CC. The largest absolute Gasteiger partial charge is 0.305 e. The maximum atomic E-state index is 14.3. The van der Waals surface area contributed by atoms with E-state index in [2.05, 4.69) is 10.3 Å². The summed E-state index contributed by atoms with van der Waals surface area (Å²) in [6.45, 7) is 6.15. The van der Waals surface area contributed by atoms with Crippen molar-refractivity contribution >= 4 is 0 Å². The smallest absolute Gasteiger partial charge is 0.164 e. The summed E-state index contributed by atoms with van der Waals surface area (Å²) in [5, 5.41) is 3.21. The van der Waals surface area contributed by atoms with Crippen LogP contribution in [0.15, 0.2) is 30.5 Å². The molecule has 0 radical (unpaired) electrons. The van der Waals surface area contributed by atoms with Gasteiger partial charge in [-0.05, 0) is 37.1 Å². The van der Waals surface area contributed by atoms with Crippen molar-refractivity contribution in [3.8, 4) is 0 Å². The molecule has 0 fully saturated rings. The van der Waals surface area contributed by atoms with Crippen LogP contribution >= 0.6 is 0 Å². The Hall–Kier alpha value is -1.81. The monoisotopic (exact) mass is 290 g/mol. The quantitative estimate of drug-likeness (QED) is 0.902. The van der Waals surface area contributed by atoms with Crippen molar-refractivity contribution < 1.29 is 8.78 Å². The van der Waals surface area contributed by atoms with Crippen molar-refractivity contribution in [1.82, 2.24) is 10.3 Å². The molecule has 1 aromatic carbocycles. The number of rotatable bonds is 5. The van der Waals surface area contributed by atoms with E-state index in [4.69, 9.17) is 0 Å². The van der Waals surface area contributed by atoms with Crippen LogP contribution in [0.1, 0.15) is 42.3 Å². The Morgan fingerprint density at radius 1 is 1.14 bits per heavy atom. The van der Waals surface area contributed by atoms with E-state index in [-0.39, 0.29) is 0 Å². The van der Waals surface area contributed by atoms with Crippen LogP contribution in [0.25, 0.3) is 0 Å². The highest BCUT2D eigenvalue weighted by molar-refractivity contribution is 5.36. The van der Waals surface area contributed by atoms with Crippen molar-refractivity contribution in [3.63, 3.8) is 0 Å². The molecule has 2 aromatic rings. The van der Waals surface area contributed by atoms with Crippen LogP contribution in [0.3, 0.4) is 0 Å². The van der Waals surface area contributed by atoms with Crippen LogP contribution in [0.4, 0.5) is 8.78 Å². The van der Waals surface area contributed by atoms with Gasteiger partial charge in [-0.3, -0.25) is 4.98 Å². The Morgan fingerprint density at radius 2 is 1.90 bits per heavy atom. The predicted molar refractivity (Wildman–Crippen MR) is 80.2 cm³/mol. The third-order valence-electron chi connectivity index (χ3n) is 3.60. The number of hydrogen-bond donors (Lipinski definition) is 1. The maximum Gasteiger partial charge on any atom is 0.164 e. The fourth-order valence-corrected chi connectivity index (χ4v) is 2.45. The average molecular weight is 290 g/mol. The molecule has 0 saturated heterocycles. The number of benzene rings is 1. The molecule has 2 rings (SSSR count). The first-order valence-electron chi connectivity index (χ1n) is 7.21. The zero-order valence-corrected chi connectivity index (χ0v) is 12.6. The van der Waals surface area contributed by atoms with E-state index in [0.29, 0.717) is 17.7 Å². The second kappa shape index (κ2) is 6.76. The second-order valence-corrected chi connectivity index (χ2v) is 4.99. The van der Waals surface area contributed by atoms with Crippen LogP contribution in [0.5, 0.6) is 0 Å². The summed E-state index contributed by atoms with van der Waals surface area (Å²) in [5.41, 5.74) is 2.39. The van der Waals surface area contributed by atoms with Crippen LogP contribution in [-0.4, -0.2) is 11.5 Å². The van der Waals surface area contributed by atoms with Crippen LogP contribution in [0.2, 0.25) is 0 Å². The molecule has 0 aliphatic heterocycles. The summed E-state index contributed by atoms with van der Waals surface area (Å²) in [7, 11) is 0. The topological polar surface area (TPSA) is 24.9 Å². The lowest BCUT2D eigenvalue weighted by Crippen LogP contribution is -2.25. The van der Waals surface area contributed by atoms with E-state index in [1.807, 2.05) is 26.0 Å². The van der Waals surface area contributed by atoms with Crippen molar-refractivity contribution in [2.75, 3.05) is 6.54 Å². The molecule has 1 aromatic heterocycles. The van der Waals surface area contributed by atoms with Crippen molar-refractivity contribution in [3.05, 3.63) is 64.5 Å². The molecule has 4 heteroatoms. The van der Waals surface area contributed by atoms with Gasteiger partial charge in [0.1, 0.15) is 0 Å². The number of hydrogen-bond acceptors (Lipinski definition) is 2. The lowest BCUT2D eigenvalue weighted by Gasteiger charge is -2.21. The summed E-state index contributed by atoms with van der Waals surface area (Å²) in [5.74, 6) is -1.59. The Kier molecular flexibility index (Phi) is 5.02.